The van der Waals surface area contributed by atoms with E-state index in [9.17, 15) is 0 Å². The van der Waals surface area contributed by atoms with Gasteiger partial charge in [0.05, 0.1) is 20.8 Å². The number of halogens is 3. The van der Waals surface area contributed by atoms with Gasteiger partial charge in [-0.2, -0.15) is 0 Å². The van der Waals surface area contributed by atoms with Crippen LogP contribution in [-0.4, -0.2) is 11.5 Å². The summed E-state index contributed by atoms with van der Waals surface area (Å²) in [6, 6.07) is 8.92. The first-order valence-electron chi connectivity index (χ1n) is 5.72. The lowest BCUT2D eigenvalue weighted by Crippen LogP contribution is -2.01. The minimum Gasteiger partial charge on any atom is -0.370 e. The molecular formula is C13H12Cl3N3. The predicted octanol–water partition coefficient (Wildman–Crippen LogP) is 5.22. The summed E-state index contributed by atoms with van der Waals surface area (Å²) < 4.78 is 0. The first-order chi connectivity index (χ1) is 9.10. The van der Waals surface area contributed by atoms with Crippen molar-refractivity contribution < 1.29 is 0 Å². The molecule has 0 spiro atoms. The molecule has 0 atom stereocenters. The summed E-state index contributed by atoms with van der Waals surface area (Å²) in [5.41, 5.74) is 0.664. The number of aromatic nitrogens is 1. The molecule has 2 rings (SSSR count). The van der Waals surface area contributed by atoms with Crippen LogP contribution in [0.25, 0.3) is 0 Å². The molecule has 2 N–H and O–H groups in total. The molecule has 1 aromatic heterocycles. The highest BCUT2D eigenvalue weighted by atomic mass is 35.5. The molecule has 1 heterocycles. The molecule has 0 unspecified atom stereocenters. The lowest BCUT2D eigenvalue weighted by molar-refractivity contribution is 1.16. The Morgan fingerprint density at radius 2 is 1.68 bits per heavy atom. The molecule has 0 aliphatic heterocycles. The third-order valence-electron chi connectivity index (χ3n) is 2.38. The summed E-state index contributed by atoms with van der Waals surface area (Å²) in [7, 11) is 0. The van der Waals surface area contributed by atoms with Crippen molar-refractivity contribution in [1.29, 1.82) is 0 Å². The fraction of sp³-hybridized carbons (Fsp3) is 0.154. The van der Waals surface area contributed by atoms with Gasteiger partial charge in [-0.25, -0.2) is 4.98 Å². The summed E-state index contributed by atoms with van der Waals surface area (Å²) in [5.74, 6) is 1.47. The molecule has 0 fully saturated rings. The van der Waals surface area contributed by atoms with Gasteiger partial charge in [0.2, 0.25) is 0 Å². The molecule has 0 bridgehead atoms. The van der Waals surface area contributed by atoms with Gasteiger partial charge in [-0.05, 0) is 31.2 Å². The van der Waals surface area contributed by atoms with E-state index in [0.29, 0.717) is 26.6 Å². The molecule has 1 aromatic carbocycles. The van der Waals surface area contributed by atoms with E-state index < -0.39 is 0 Å². The third kappa shape index (κ3) is 3.66. The zero-order chi connectivity index (χ0) is 13.8. The fourth-order valence-corrected chi connectivity index (χ4v) is 2.13. The van der Waals surface area contributed by atoms with Crippen LogP contribution in [0, 0.1) is 0 Å². The maximum absolute atomic E-state index is 6.10. The minimum atomic E-state index is 0.423. The Morgan fingerprint density at radius 3 is 2.42 bits per heavy atom. The number of hydrogen-bond acceptors (Lipinski definition) is 3. The number of nitrogens with zero attached hydrogens (tertiary/aromatic N) is 1. The van der Waals surface area contributed by atoms with E-state index in [1.165, 1.54) is 0 Å². The van der Waals surface area contributed by atoms with Gasteiger partial charge in [-0.1, -0.05) is 40.9 Å². The van der Waals surface area contributed by atoms with E-state index >= 15 is 0 Å². The zero-order valence-electron chi connectivity index (χ0n) is 10.2. The van der Waals surface area contributed by atoms with E-state index in [0.717, 1.165) is 12.4 Å². The zero-order valence-corrected chi connectivity index (χ0v) is 12.4. The number of nitrogens with one attached hydrogen (secondary N) is 2. The van der Waals surface area contributed by atoms with Crippen LogP contribution in [0.5, 0.6) is 0 Å². The standard InChI is InChI=1S/C13H12Cl3N3/c1-2-17-12-4-3-5-13(19-12)18-11-7-9(15)8(14)6-10(11)16/h3-7H,2H2,1H3,(H2,17,18,19). The summed E-state index contributed by atoms with van der Waals surface area (Å²) in [6.07, 6.45) is 0. The van der Waals surface area contributed by atoms with E-state index in [1.807, 2.05) is 25.1 Å². The summed E-state index contributed by atoms with van der Waals surface area (Å²) in [4.78, 5) is 4.39. The highest BCUT2D eigenvalue weighted by Crippen LogP contribution is 2.33. The average Bonchev–Trinajstić information content (AvgIpc) is 2.37. The van der Waals surface area contributed by atoms with Crippen LogP contribution in [-0.2, 0) is 0 Å². The number of anilines is 3. The molecule has 0 saturated carbocycles. The topological polar surface area (TPSA) is 37.0 Å². The normalized spacial score (nSPS) is 10.3. The monoisotopic (exact) mass is 315 g/mol. The molecule has 100 valence electrons. The van der Waals surface area contributed by atoms with Crippen LogP contribution in [0.4, 0.5) is 17.3 Å². The molecule has 6 heteroatoms. The van der Waals surface area contributed by atoms with Crippen LogP contribution in [0.15, 0.2) is 30.3 Å². The molecule has 19 heavy (non-hydrogen) atoms. The van der Waals surface area contributed by atoms with Crippen molar-refractivity contribution in [1.82, 2.24) is 4.98 Å². The molecule has 0 saturated heterocycles. The Kier molecular flexibility index (Phi) is 4.75. The van der Waals surface area contributed by atoms with Crippen LogP contribution in [0.1, 0.15) is 6.92 Å². The Morgan fingerprint density at radius 1 is 1.00 bits per heavy atom. The largest absolute Gasteiger partial charge is 0.370 e. The Hall–Kier alpha value is -1.16. The third-order valence-corrected chi connectivity index (χ3v) is 3.41. The molecule has 0 radical (unpaired) electrons. The van der Waals surface area contributed by atoms with Crippen molar-refractivity contribution in [3.8, 4) is 0 Å². The van der Waals surface area contributed by atoms with Crippen molar-refractivity contribution in [2.24, 2.45) is 0 Å². The van der Waals surface area contributed by atoms with Gasteiger partial charge in [0.25, 0.3) is 0 Å². The summed E-state index contributed by atoms with van der Waals surface area (Å²) in [5, 5.41) is 7.61. The van der Waals surface area contributed by atoms with Crippen LogP contribution >= 0.6 is 34.8 Å². The van der Waals surface area contributed by atoms with Crippen LogP contribution < -0.4 is 10.6 Å². The van der Waals surface area contributed by atoms with Crippen LogP contribution in [0.3, 0.4) is 0 Å². The van der Waals surface area contributed by atoms with Gasteiger partial charge in [0.15, 0.2) is 0 Å². The quantitative estimate of drug-likeness (QED) is 0.760. The highest BCUT2D eigenvalue weighted by molar-refractivity contribution is 6.44. The molecule has 3 nitrogen and oxygen atoms in total. The second-order valence-corrected chi connectivity index (χ2v) is 5.03. The van der Waals surface area contributed by atoms with Gasteiger partial charge in [-0.3, -0.25) is 0 Å². The molecular weight excluding hydrogens is 305 g/mol. The molecule has 0 amide bonds. The van der Waals surface area contributed by atoms with Gasteiger partial charge in [-0.15, -0.1) is 0 Å². The average molecular weight is 317 g/mol. The molecule has 0 aliphatic carbocycles. The summed E-state index contributed by atoms with van der Waals surface area (Å²) in [6.45, 7) is 2.82. The van der Waals surface area contributed by atoms with E-state index in [2.05, 4.69) is 15.6 Å². The second kappa shape index (κ2) is 6.33. The van der Waals surface area contributed by atoms with Crippen molar-refractivity contribution >= 4 is 52.1 Å². The highest BCUT2D eigenvalue weighted by Gasteiger charge is 2.07. The van der Waals surface area contributed by atoms with Crippen molar-refractivity contribution in [3.63, 3.8) is 0 Å². The lowest BCUT2D eigenvalue weighted by atomic mass is 10.3. The predicted molar refractivity (Wildman–Crippen MR) is 83.2 cm³/mol. The Labute approximate surface area is 126 Å². The smallest absolute Gasteiger partial charge is 0.132 e. The Bertz CT molecular complexity index is 587. The van der Waals surface area contributed by atoms with Crippen molar-refractivity contribution in [2.45, 2.75) is 6.92 Å². The minimum absolute atomic E-state index is 0.423. The fourth-order valence-electron chi connectivity index (χ4n) is 1.54. The molecule has 0 aliphatic rings. The number of rotatable bonds is 4. The van der Waals surface area contributed by atoms with Crippen molar-refractivity contribution in [2.75, 3.05) is 17.2 Å². The first kappa shape index (κ1) is 14.3. The van der Waals surface area contributed by atoms with Crippen molar-refractivity contribution in [3.05, 3.63) is 45.4 Å². The maximum atomic E-state index is 6.10. The van der Waals surface area contributed by atoms with Crippen LogP contribution in [0.2, 0.25) is 15.1 Å². The number of benzene rings is 1. The van der Waals surface area contributed by atoms with Gasteiger partial charge < -0.3 is 10.6 Å². The Balaban J connectivity index is 2.25. The van der Waals surface area contributed by atoms with E-state index in [-0.39, 0.29) is 0 Å². The lowest BCUT2D eigenvalue weighted by Gasteiger charge is -2.10. The van der Waals surface area contributed by atoms with Gasteiger partial charge >= 0.3 is 0 Å². The van der Waals surface area contributed by atoms with E-state index in [4.69, 9.17) is 34.8 Å². The SMILES string of the molecule is CCNc1cccc(Nc2cc(Cl)c(Cl)cc2Cl)n1. The number of pyridine rings is 1. The molecule has 2 aromatic rings. The number of hydrogen-bond donors (Lipinski definition) is 2. The van der Waals surface area contributed by atoms with Gasteiger partial charge in [0, 0.05) is 6.54 Å². The maximum Gasteiger partial charge on any atom is 0.132 e. The second-order valence-electron chi connectivity index (χ2n) is 3.81. The van der Waals surface area contributed by atoms with Gasteiger partial charge in [0.1, 0.15) is 11.6 Å². The summed E-state index contributed by atoms with van der Waals surface area (Å²) >= 11 is 18.0. The first-order valence-corrected chi connectivity index (χ1v) is 6.86. The van der Waals surface area contributed by atoms with E-state index in [1.54, 1.807) is 12.1 Å².